The molecule has 30 heavy (non-hydrogen) atoms. The second-order valence-electron chi connectivity index (χ2n) is 7.80. The van der Waals surface area contributed by atoms with Crippen molar-refractivity contribution in [2.75, 3.05) is 18.0 Å². The highest BCUT2D eigenvalue weighted by Gasteiger charge is 2.24. The van der Waals surface area contributed by atoms with Crippen molar-refractivity contribution in [3.05, 3.63) is 72.6 Å². The fourth-order valence-electron chi connectivity index (χ4n) is 3.81. The molecule has 4 heterocycles. The molecular weight excluding hydrogens is 376 g/mol. The Balaban J connectivity index is 1.39. The molecule has 7 heteroatoms. The van der Waals surface area contributed by atoms with Crippen molar-refractivity contribution in [3.63, 3.8) is 0 Å². The van der Waals surface area contributed by atoms with Gasteiger partial charge in [-0.05, 0) is 29.7 Å². The monoisotopic (exact) mass is 398 g/mol. The fraction of sp³-hybridized carbons (Fsp3) is 0.217. The smallest absolute Gasteiger partial charge is 0.169 e. The predicted molar refractivity (Wildman–Crippen MR) is 116 cm³/mol. The molecule has 4 aromatic rings. The highest BCUT2D eigenvalue weighted by molar-refractivity contribution is 5.98. The minimum absolute atomic E-state index is 0.0260. The number of aryl methyl sites for hydroxylation is 1. The number of hydrogen-bond acceptors (Lipinski definition) is 6. The second kappa shape index (κ2) is 7.35. The van der Waals surface area contributed by atoms with Crippen molar-refractivity contribution < 1.29 is 4.79 Å². The number of rotatable bonds is 5. The number of aromatic nitrogens is 4. The number of Topliss-reactive ketones (excluding diaryl/α,β-unsaturated/α-hetero) is 1. The SMILES string of the molecule is Cn1cncc1-c1ccc2cnc(CC(=O)c3ccnc(N4CC(N)C4)c3)cc2c1. The zero-order chi connectivity index (χ0) is 20.7. The van der Waals surface area contributed by atoms with Crippen LogP contribution in [0.5, 0.6) is 0 Å². The van der Waals surface area contributed by atoms with Gasteiger partial charge in [-0.2, -0.15) is 0 Å². The second-order valence-corrected chi connectivity index (χ2v) is 7.80. The van der Waals surface area contributed by atoms with Crippen LogP contribution in [0.25, 0.3) is 22.0 Å². The zero-order valence-electron chi connectivity index (χ0n) is 16.7. The zero-order valence-corrected chi connectivity index (χ0v) is 16.7. The number of anilines is 1. The molecule has 0 spiro atoms. The fourth-order valence-corrected chi connectivity index (χ4v) is 3.81. The lowest BCUT2D eigenvalue weighted by atomic mass is 10.0. The third-order valence-electron chi connectivity index (χ3n) is 5.53. The van der Waals surface area contributed by atoms with Crippen LogP contribution >= 0.6 is 0 Å². The van der Waals surface area contributed by atoms with Crippen molar-refractivity contribution in [1.29, 1.82) is 0 Å². The molecule has 0 radical (unpaired) electrons. The van der Waals surface area contributed by atoms with E-state index in [0.29, 0.717) is 5.56 Å². The van der Waals surface area contributed by atoms with Gasteiger partial charge >= 0.3 is 0 Å². The standard InChI is InChI=1S/C23H22N6O/c1-28-14-25-11-21(28)15-2-3-17-10-27-20(7-18(17)6-15)9-22(30)16-4-5-26-23(8-16)29-12-19(24)13-29/h2-8,10-11,14,19H,9,12-13,24H2,1H3. The molecule has 1 aliphatic heterocycles. The summed E-state index contributed by atoms with van der Waals surface area (Å²) in [7, 11) is 1.97. The Morgan fingerprint density at radius 2 is 1.97 bits per heavy atom. The summed E-state index contributed by atoms with van der Waals surface area (Å²) < 4.78 is 1.98. The van der Waals surface area contributed by atoms with Crippen molar-refractivity contribution >= 4 is 22.4 Å². The van der Waals surface area contributed by atoms with E-state index in [0.717, 1.165) is 46.6 Å². The number of imidazole rings is 1. The first-order valence-electron chi connectivity index (χ1n) is 9.92. The molecule has 0 saturated carbocycles. The molecule has 1 aromatic carbocycles. The minimum atomic E-state index is 0.0260. The van der Waals surface area contributed by atoms with Gasteiger partial charge in [-0.15, -0.1) is 0 Å². The van der Waals surface area contributed by atoms with Crippen LogP contribution in [-0.4, -0.2) is 44.4 Å². The molecule has 0 amide bonds. The number of nitrogens with zero attached hydrogens (tertiary/aromatic N) is 5. The summed E-state index contributed by atoms with van der Waals surface area (Å²) in [5, 5.41) is 2.09. The minimum Gasteiger partial charge on any atom is -0.353 e. The van der Waals surface area contributed by atoms with Crippen LogP contribution < -0.4 is 10.6 Å². The maximum absolute atomic E-state index is 12.9. The Morgan fingerprint density at radius 3 is 2.73 bits per heavy atom. The topological polar surface area (TPSA) is 89.9 Å². The first-order chi connectivity index (χ1) is 14.6. The van der Waals surface area contributed by atoms with E-state index in [2.05, 4.69) is 32.0 Å². The van der Waals surface area contributed by atoms with Gasteiger partial charge in [0.1, 0.15) is 5.82 Å². The third-order valence-corrected chi connectivity index (χ3v) is 5.53. The first kappa shape index (κ1) is 18.4. The van der Waals surface area contributed by atoms with Crippen molar-refractivity contribution in [2.24, 2.45) is 12.8 Å². The molecule has 1 fully saturated rings. The van der Waals surface area contributed by atoms with Gasteiger partial charge in [0.25, 0.3) is 0 Å². The summed E-state index contributed by atoms with van der Waals surface area (Å²) in [4.78, 5) is 28.0. The summed E-state index contributed by atoms with van der Waals surface area (Å²) in [5.41, 5.74) is 9.37. The lowest BCUT2D eigenvalue weighted by molar-refractivity contribution is 0.0992. The highest BCUT2D eigenvalue weighted by Crippen LogP contribution is 2.25. The van der Waals surface area contributed by atoms with E-state index in [-0.39, 0.29) is 18.2 Å². The summed E-state index contributed by atoms with van der Waals surface area (Å²) in [5.74, 6) is 0.827. The molecule has 7 nitrogen and oxygen atoms in total. The molecule has 0 atom stereocenters. The van der Waals surface area contributed by atoms with Gasteiger partial charge in [-0.25, -0.2) is 9.97 Å². The molecule has 0 aliphatic carbocycles. The van der Waals surface area contributed by atoms with Crippen LogP contribution in [-0.2, 0) is 13.5 Å². The number of carbonyl (C=O) groups excluding carboxylic acids is 1. The average molecular weight is 398 g/mol. The Hall–Kier alpha value is -3.58. The maximum Gasteiger partial charge on any atom is 0.169 e. The molecule has 150 valence electrons. The van der Waals surface area contributed by atoms with Crippen LogP contribution in [0.4, 0.5) is 5.82 Å². The van der Waals surface area contributed by atoms with Crippen molar-refractivity contribution in [2.45, 2.75) is 12.5 Å². The molecule has 1 aliphatic rings. The van der Waals surface area contributed by atoms with Gasteiger partial charge in [0.15, 0.2) is 5.78 Å². The lowest BCUT2D eigenvalue weighted by Crippen LogP contribution is -2.56. The molecule has 0 bridgehead atoms. The van der Waals surface area contributed by atoms with Gasteiger partial charge in [0, 0.05) is 60.8 Å². The van der Waals surface area contributed by atoms with Crippen LogP contribution in [0.15, 0.2) is 61.3 Å². The molecular formula is C23H22N6O. The van der Waals surface area contributed by atoms with E-state index in [9.17, 15) is 4.79 Å². The average Bonchev–Trinajstić information content (AvgIpc) is 3.17. The van der Waals surface area contributed by atoms with Gasteiger partial charge in [-0.1, -0.05) is 12.1 Å². The Morgan fingerprint density at radius 1 is 1.10 bits per heavy atom. The molecule has 1 saturated heterocycles. The van der Waals surface area contributed by atoms with Gasteiger partial charge in [0.2, 0.25) is 0 Å². The van der Waals surface area contributed by atoms with Crippen molar-refractivity contribution in [3.8, 4) is 11.3 Å². The van der Waals surface area contributed by atoms with Crippen molar-refractivity contribution in [1.82, 2.24) is 19.5 Å². The Kier molecular flexibility index (Phi) is 4.52. The number of nitrogens with two attached hydrogens (primary N) is 1. The summed E-state index contributed by atoms with van der Waals surface area (Å²) in [6.45, 7) is 1.55. The van der Waals surface area contributed by atoms with E-state index in [1.54, 1.807) is 18.6 Å². The summed E-state index contributed by atoms with van der Waals surface area (Å²) >= 11 is 0. The first-order valence-corrected chi connectivity index (χ1v) is 9.92. The van der Waals surface area contributed by atoms with E-state index >= 15 is 0 Å². The predicted octanol–water partition coefficient (Wildman–Crippen LogP) is 2.60. The lowest BCUT2D eigenvalue weighted by Gasteiger charge is -2.37. The number of pyridine rings is 2. The molecule has 2 N–H and O–H groups in total. The largest absolute Gasteiger partial charge is 0.353 e. The number of hydrogen-bond donors (Lipinski definition) is 1. The maximum atomic E-state index is 12.9. The normalized spacial score (nSPS) is 14.1. The summed E-state index contributed by atoms with van der Waals surface area (Å²) in [6.07, 6.45) is 7.38. The molecule has 3 aromatic heterocycles. The Labute approximate surface area is 174 Å². The van der Waals surface area contributed by atoms with Gasteiger partial charge in [0.05, 0.1) is 24.6 Å². The van der Waals surface area contributed by atoms with E-state index in [1.807, 2.05) is 42.2 Å². The molecule has 0 unspecified atom stereocenters. The Bertz CT molecular complexity index is 1240. The van der Waals surface area contributed by atoms with Crippen LogP contribution in [0, 0.1) is 0 Å². The van der Waals surface area contributed by atoms with E-state index < -0.39 is 0 Å². The summed E-state index contributed by atoms with van der Waals surface area (Å²) in [6, 6.07) is 12.0. The van der Waals surface area contributed by atoms with Gasteiger partial charge in [-0.3, -0.25) is 9.78 Å². The quantitative estimate of drug-likeness (QED) is 0.520. The molecule has 5 rings (SSSR count). The van der Waals surface area contributed by atoms with Crippen LogP contribution in [0.1, 0.15) is 16.1 Å². The number of benzene rings is 1. The number of ketones is 1. The third kappa shape index (κ3) is 3.44. The van der Waals surface area contributed by atoms with Crippen LogP contribution in [0.3, 0.4) is 0 Å². The number of fused-ring (bicyclic) bond motifs is 1. The number of carbonyl (C=O) groups is 1. The highest BCUT2D eigenvalue weighted by atomic mass is 16.1. The van der Waals surface area contributed by atoms with E-state index in [1.165, 1.54) is 0 Å². The van der Waals surface area contributed by atoms with Gasteiger partial charge < -0.3 is 15.2 Å². The van der Waals surface area contributed by atoms with Crippen LogP contribution in [0.2, 0.25) is 0 Å². The van der Waals surface area contributed by atoms with E-state index in [4.69, 9.17) is 5.73 Å².